The molecule has 1 N–H and O–H groups in total. The highest BCUT2D eigenvalue weighted by Crippen LogP contribution is 2.28. The zero-order valence-electron chi connectivity index (χ0n) is 10.6. The molecular formula is C15H11Cl2FN2. The fraction of sp³-hybridized carbons (Fsp3) is 0.133. The van der Waals surface area contributed by atoms with Crippen molar-refractivity contribution in [2.24, 2.45) is 0 Å². The molecule has 2 rings (SSSR count). The van der Waals surface area contributed by atoms with Gasteiger partial charge < -0.3 is 5.32 Å². The molecule has 0 saturated heterocycles. The van der Waals surface area contributed by atoms with Crippen LogP contribution in [0, 0.1) is 17.1 Å². The molecule has 102 valence electrons. The summed E-state index contributed by atoms with van der Waals surface area (Å²) in [6, 6.07) is 11.3. The lowest BCUT2D eigenvalue weighted by atomic mass is 10.1. The summed E-state index contributed by atoms with van der Waals surface area (Å²) in [5.41, 5.74) is 1.51. The van der Waals surface area contributed by atoms with Crippen molar-refractivity contribution in [3.63, 3.8) is 0 Å². The zero-order valence-corrected chi connectivity index (χ0v) is 12.1. The summed E-state index contributed by atoms with van der Waals surface area (Å²) in [5, 5.41) is 12.7. The predicted octanol–water partition coefficient (Wildman–Crippen LogP) is 5.18. The molecule has 0 aromatic heterocycles. The first kappa shape index (κ1) is 14.6. The van der Waals surface area contributed by atoms with Crippen molar-refractivity contribution >= 4 is 28.9 Å². The number of anilines is 1. The third-order valence-electron chi connectivity index (χ3n) is 2.91. The number of nitriles is 1. The average Bonchev–Trinajstić information content (AvgIpc) is 2.43. The Labute approximate surface area is 126 Å². The van der Waals surface area contributed by atoms with E-state index in [9.17, 15) is 4.39 Å². The largest absolute Gasteiger partial charge is 0.376 e. The molecule has 0 spiro atoms. The van der Waals surface area contributed by atoms with Crippen LogP contribution in [-0.4, -0.2) is 0 Å². The number of rotatable bonds is 3. The minimum Gasteiger partial charge on any atom is -0.376 e. The number of hydrogen-bond acceptors (Lipinski definition) is 2. The molecule has 2 nitrogen and oxygen atoms in total. The fourth-order valence-electron chi connectivity index (χ4n) is 1.80. The van der Waals surface area contributed by atoms with Gasteiger partial charge in [0.25, 0.3) is 0 Å². The lowest BCUT2D eigenvalue weighted by molar-refractivity contribution is 0.627. The van der Waals surface area contributed by atoms with E-state index in [-0.39, 0.29) is 11.6 Å². The minimum absolute atomic E-state index is 0.146. The third-order valence-corrected chi connectivity index (χ3v) is 3.65. The Morgan fingerprint density at radius 1 is 1.15 bits per heavy atom. The number of hydrogen-bond donors (Lipinski definition) is 1. The quantitative estimate of drug-likeness (QED) is 0.848. The molecule has 0 aliphatic carbocycles. The first-order valence-corrected chi connectivity index (χ1v) is 6.68. The van der Waals surface area contributed by atoms with E-state index in [1.807, 2.05) is 19.1 Å². The van der Waals surface area contributed by atoms with Gasteiger partial charge in [-0.25, -0.2) is 4.39 Å². The molecule has 0 aliphatic rings. The third kappa shape index (κ3) is 3.22. The lowest BCUT2D eigenvalue weighted by Crippen LogP contribution is -2.08. The summed E-state index contributed by atoms with van der Waals surface area (Å²) in [6.45, 7) is 1.89. The summed E-state index contributed by atoms with van der Waals surface area (Å²) in [4.78, 5) is 0. The molecule has 1 unspecified atom stereocenters. The summed E-state index contributed by atoms with van der Waals surface area (Å²) in [6.07, 6.45) is 0. The molecule has 0 fully saturated rings. The molecule has 20 heavy (non-hydrogen) atoms. The average molecular weight is 309 g/mol. The Bertz CT molecular complexity index is 680. The maximum absolute atomic E-state index is 13.8. The number of benzene rings is 2. The first-order valence-electron chi connectivity index (χ1n) is 5.92. The van der Waals surface area contributed by atoms with Gasteiger partial charge in [-0.3, -0.25) is 0 Å². The van der Waals surface area contributed by atoms with E-state index in [0.717, 1.165) is 5.56 Å². The van der Waals surface area contributed by atoms with Crippen LogP contribution in [-0.2, 0) is 0 Å². The second kappa shape index (κ2) is 6.13. The van der Waals surface area contributed by atoms with Crippen molar-refractivity contribution in [2.75, 3.05) is 5.32 Å². The molecule has 0 heterocycles. The Morgan fingerprint density at radius 3 is 2.50 bits per heavy atom. The summed E-state index contributed by atoms with van der Waals surface area (Å²) in [7, 11) is 0. The van der Waals surface area contributed by atoms with E-state index in [1.165, 1.54) is 6.07 Å². The smallest absolute Gasteiger partial charge is 0.147 e. The highest BCUT2D eigenvalue weighted by Gasteiger charge is 2.10. The SMILES string of the molecule is CC(Nc1ccc(C#N)cc1F)c1ccc(Cl)c(Cl)c1. The van der Waals surface area contributed by atoms with Crippen LogP contribution in [0.25, 0.3) is 0 Å². The van der Waals surface area contributed by atoms with Gasteiger partial charge in [0.1, 0.15) is 5.82 Å². The van der Waals surface area contributed by atoms with Crippen molar-refractivity contribution in [3.05, 3.63) is 63.4 Å². The molecular weight excluding hydrogens is 298 g/mol. The predicted molar refractivity (Wildman–Crippen MR) is 79.6 cm³/mol. The highest BCUT2D eigenvalue weighted by molar-refractivity contribution is 6.42. The number of halogens is 3. The first-order chi connectivity index (χ1) is 9.51. The van der Waals surface area contributed by atoms with Crippen LogP contribution < -0.4 is 5.32 Å². The minimum atomic E-state index is -0.462. The van der Waals surface area contributed by atoms with Gasteiger partial charge in [-0.15, -0.1) is 0 Å². The molecule has 1 atom stereocenters. The van der Waals surface area contributed by atoms with Crippen LogP contribution in [0.1, 0.15) is 24.1 Å². The summed E-state index contributed by atoms with van der Waals surface area (Å²) < 4.78 is 13.8. The second-order valence-electron chi connectivity index (χ2n) is 4.35. The Morgan fingerprint density at radius 2 is 1.90 bits per heavy atom. The van der Waals surface area contributed by atoms with Crippen LogP contribution in [0.5, 0.6) is 0 Å². The molecule has 0 radical (unpaired) electrons. The number of nitrogens with one attached hydrogen (secondary N) is 1. The maximum Gasteiger partial charge on any atom is 0.147 e. The molecule has 0 bridgehead atoms. The summed E-state index contributed by atoms with van der Waals surface area (Å²) >= 11 is 11.8. The molecule has 0 amide bonds. The Hall–Kier alpha value is -1.76. The molecule has 2 aromatic carbocycles. The van der Waals surface area contributed by atoms with Crippen LogP contribution in [0.2, 0.25) is 10.0 Å². The van der Waals surface area contributed by atoms with Crippen LogP contribution in [0.3, 0.4) is 0 Å². The standard InChI is InChI=1S/C15H11Cl2FN2/c1-9(11-3-4-12(16)13(17)7-11)20-15-5-2-10(8-19)6-14(15)18/h2-7,9,20H,1H3. The van der Waals surface area contributed by atoms with Crippen LogP contribution in [0.15, 0.2) is 36.4 Å². The molecule has 0 aliphatic heterocycles. The lowest BCUT2D eigenvalue weighted by Gasteiger charge is -2.17. The van der Waals surface area contributed by atoms with Gasteiger partial charge in [-0.1, -0.05) is 29.3 Å². The van der Waals surface area contributed by atoms with Crippen molar-refractivity contribution in [2.45, 2.75) is 13.0 Å². The second-order valence-corrected chi connectivity index (χ2v) is 5.16. The number of nitrogens with zero attached hydrogens (tertiary/aromatic N) is 1. The fourth-order valence-corrected chi connectivity index (χ4v) is 2.11. The van der Waals surface area contributed by atoms with Gasteiger partial charge >= 0.3 is 0 Å². The van der Waals surface area contributed by atoms with E-state index < -0.39 is 5.82 Å². The molecule has 5 heteroatoms. The Balaban J connectivity index is 2.21. The topological polar surface area (TPSA) is 35.8 Å². The van der Waals surface area contributed by atoms with Gasteiger partial charge in [-0.05, 0) is 42.8 Å². The van der Waals surface area contributed by atoms with E-state index in [4.69, 9.17) is 28.5 Å². The van der Waals surface area contributed by atoms with Gasteiger partial charge in [0.05, 0.1) is 27.4 Å². The van der Waals surface area contributed by atoms with E-state index in [0.29, 0.717) is 15.7 Å². The van der Waals surface area contributed by atoms with Crippen molar-refractivity contribution < 1.29 is 4.39 Å². The maximum atomic E-state index is 13.8. The molecule has 0 saturated carbocycles. The normalized spacial score (nSPS) is 11.8. The van der Waals surface area contributed by atoms with Gasteiger partial charge in [0, 0.05) is 6.04 Å². The van der Waals surface area contributed by atoms with Gasteiger partial charge in [-0.2, -0.15) is 5.26 Å². The van der Waals surface area contributed by atoms with Gasteiger partial charge in [0.2, 0.25) is 0 Å². The summed E-state index contributed by atoms with van der Waals surface area (Å²) in [5.74, 6) is -0.462. The van der Waals surface area contributed by atoms with Crippen molar-refractivity contribution in [1.82, 2.24) is 0 Å². The van der Waals surface area contributed by atoms with E-state index in [1.54, 1.807) is 24.3 Å². The van der Waals surface area contributed by atoms with E-state index in [2.05, 4.69) is 5.32 Å². The van der Waals surface area contributed by atoms with Crippen LogP contribution >= 0.6 is 23.2 Å². The zero-order chi connectivity index (χ0) is 14.7. The monoisotopic (exact) mass is 308 g/mol. The van der Waals surface area contributed by atoms with E-state index >= 15 is 0 Å². The molecule has 2 aromatic rings. The van der Waals surface area contributed by atoms with Gasteiger partial charge in [0.15, 0.2) is 0 Å². The van der Waals surface area contributed by atoms with Crippen molar-refractivity contribution in [1.29, 1.82) is 5.26 Å². The highest BCUT2D eigenvalue weighted by atomic mass is 35.5. The van der Waals surface area contributed by atoms with Crippen LogP contribution in [0.4, 0.5) is 10.1 Å². The Kier molecular flexibility index (Phi) is 4.49. The van der Waals surface area contributed by atoms with Crippen molar-refractivity contribution in [3.8, 4) is 6.07 Å².